The van der Waals surface area contributed by atoms with Crippen LogP contribution >= 0.6 is 11.6 Å². The van der Waals surface area contributed by atoms with Crippen LogP contribution in [0.1, 0.15) is 10.4 Å². The number of nitrogens with zero attached hydrogens (tertiary/aromatic N) is 2. The molecule has 0 heterocycles. The van der Waals surface area contributed by atoms with Crippen LogP contribution < -0.4 is 5.32 Å². The molecule has 0 aliphatic heterocycles. The molecule has 13 heteroatoms. The van der Waals surface area contributed by atoms with Gasteiger partial charge in [0.1, 0.15) is 12.1 Å². The zero-order valence-electron chi connectivity index (χ0n) is 11.7. The number of hydrogen-bond acceptors (Lipinski definition) is 6. The van der Waals surface area contributed by atoms with Crippen molar-refractivity contribution < 1.29 is 37.9 Å². The van der Waals surface area contributed by atoms with Crippen LogP contribution in [0.25, 0.3) is 0 Å². The third kappa shape index (κ3) is 4.16. The van der Waals surface area contributed by atoms with Crippen molar-refractivity contribution in [2.75, 3.05) is 13.6 Å². The summed E-state index contributed by atoms with van der Waals surface area (Å²) in [5.41, 5.74) is -2.26. The van der Waals surface area contributed by atoms with Crippen molar-refractivity contribution in [2.45, 2.75) is 6.18 Å². The van der Waals surface area contributed by atoms with Gasteiger partial charge in [-0.1, -0.05) is 11.6 Å². The number of urea groups is 1. The molecule has 3 N–H and O–H groups in total. The van der Waals surface area contributed by atoms with Gasteiger partial charge in [0.2, 0.25) is 5.75 Å². The van der Waals surface area contributed by atoms with Crippen LogP contribution in [0.3, 0.4) is 0 Å². The summed E-state index contributed by atoms with van der Waals surface area (Å²) < 4.78 is 36.1. The summed E-state index contributed by atoms with van der Waals surface area (Å²) >= 11 is 5.61. The van der Waals surface area contributed by atoms with Crippen molar-refractivity contribution in [3.63, 3.8) is 0 Å². The van der Waals surface area contributed by atoms with Gasteiger partial charge in [-0.05, 0) is 0 Å². The molecule has 1 aromatic rings. The summed E-state index contributed by atoms with van der Waals surface area (Å²) in [5.74, 6) is -3.73. The lowest BCUT2D eigenvalue weighted by Crippen LogP contribution is -2.44. The Hall–Kier alpha value is -2.76. The number of nitro benzene ring substituents is 1. The van der Waals surface area contributed by atoms with Gasteiger partial charge in [0, 0.05) is 13.1 Å². The first-order valence-electron chi connectivity index (χ1n) is 5.88. The fourth-order valence-corrected chi connectivity index (χ4v) is 1.82. The van der Waals surface area contributed by atoms with Crippen LogP contribution in [0.5, 0.6) is 11.5 Å². The maximum absolute atomic E-state index is 12.1. The first kappa shape index (κ1) is 19.3. The number of imide groups is 1. The number of nitro groups is 1. The van der Waals surface area contributed by atoms with Crippen LogP contribution in [0.15, 0.2) is 6.07 Å². The number of carbonyl (C=O) groups excluding carboxylic acids is 2. The van der Waals surface area contributed by atoms with Gasteiger partial charge in [-0.3, -0.25) is 19.8 Å². The molecule has 0 aliphatic rings. The summed E-state index contributed by atoms with van der Waals surface area (Å²) in [6.07, 6.45) is -4.74. The van der Waals surface area contributed by atoms with Gasteiger partial charge >= 0.3 is 17.9 Å². The highest BCUT2D eigenvalue weighted by Crippen LogP contribution is 2.42. The molecular formula is C11H9ClF3N3O6. The molecule has 0 saturated heterocycles. The third-order valence-electron chi connectivity index (χ3n) is 2.65. The predicted octanol–water partition coefficient (Wildman–Crippen LogP) is 2.00. The van der Waals surface area contributed by atoms with Crippen LogP contribution in [0.4, 0.5) is 23.7 Å². The molecule has 0 aromatic heterocycles. The largest absolute Gasteiger partial charge is 0.504 e. The molecule has 0 aliphatic carbocycles. The highest BCUT2D eigenvalue weighted by molar-refractivity contribution is 6.35. The molecule has 0 spiro atoms. The molecule has 0 fully saturated rings. The van der Waals surface area contributed by atoms with Gasteiger partial charge in [-0.25, -0.2) is 4.79 Å². The molecule has 24 heavy (non-hydrogen) atoms. The highest BCUT2D eigenvalue weighted by Gasteiger charge is 2.35. The molecule has 0 radical (unpaired) electrons. The molecule has 1 rings (SSSR count). The van der Waals surface area contributed by atoms with Gasteiger partial charge in [-0.2, -0.15) is 13.2 Å². The van der Waals surface area contributed by atoms with E-state index >= 15 is 0 Å². The number of nitrogens with one attached hydrogen (secondary N) is 1. The first-order chi connectivity index (χ1) is 10.9. The van der Waals surface area contributed by atoms with Crippen LogP contribution in [-0.4, -0.2) is 51.7 Å². The number of carbonyl (C=O) groups is 2. The minimum atomic E-state index is -4.74. The Labute approximate surface area is 136 Å². The van der Waals surface area contributed by atoms with Crippen LogP contribution in [0.2, 0.25) is 5.02 Å². The molecule has 132 valence electrons. The van der Waals surface area contributed by atoms with Gasteiger partial charge in [0.25, 0.3) is 5.91 Å². The third-order valence-corrected chi connectivity index (χ3v) is 2.95. The van der Waals surface area contributed by atoms with Crippen molar-refractivity contribution in [3.8, 4) is 11.5 Å². The van der Waals surface area contributed by atoms with Gasteiger partial charge < -0.3 is 15.5 Å². The number of benzene rings is 1. The molecule has 3 amide bonds. The van der Waals surface area contributed by atoms with E-state index in [1.165, 1.54) is 5.32 Å². The van der Waals surface area contributed by atoms with E-state index < -0.39 is 57.4 Å². The molecule has 9 nitrogen and oxygen atoms in total. The number of hydrogen-bond donors (Lipinski definition) is 3. The summed E-state index contributed by atoms with van der Waals surface area (Å²) in [4.78, 5) is 33.5. The van der Waals surface area contributed by atoms with E-state index in [4.69, 9.17) is 11.6 Å². The van der Waals surface area contributed by atoms with Crippen molar-refractivity contribution in [3.05, 3.63) is 26.8 Å². The van der Waals surface area contributed by atoms with E-state index in [2.05, 4.69) is 0 Å². The van der Waals surface area contributed by atoms with E-state index in [1.807, 2.05) is 0 Å². The van der Waals surface area contributed by atoms with Gasteiger partial charge in [0.05, 0.1) is 9.95 Å². The van der Waals surface area contributed by atoms with Gasteiger partial charge in [-0.15, -0.1) is 0 Å². The van der Waals surface area contributed by atoms with Gasteiger partial charge in [0.15, 0.2) is 5.75 Å². The second-order valence-corrected chi connectivity index (χ2v) is 4.75. The van der Waals surface area contributed by atoms with Crippen molar-refractivity contribution in [2.24, 2.45) is 0 Å². The summed E-state index contributed by atoms with van der Waals surface area (Å²) in [5, 5.41) is 30.4. The Bertz CT molecular complexity index is 709. The molecule has 1 aromatic carbocycles. The Morgan fingerprint density at radius 2 is 1.96 bits per heavy atom. The SMILES string of the molecule is CN(C(=O)NCC(F)(F)F)C(=O)c1c(Cl)cc(O)c(O)c1[N+](=O)[O-]. The molecular weight excluding hydrogens is 363 g/mol. The van der Waals surface area contributed by atoms with E-state index in [0.29, 0.717) is 6.07 Å². The van der Waals surface area contributed by atoms with Crippen molar-refractivity contribution in [1.82, 2.24) is 10.2 Å². The average Bonchev–Trinajstić information content (AvgIpc) is 2.45. The zero-order valence-corrected chi connectivity index (χ0v) is 12.5. The number of amides is 3. The number of phenolic OH excluding ortho intramolecular Hbond substituents is 2. The quantitative estimate of drug-likeness (QED) is 0.423. The minimum Gasteiger partial charge on any atom is -0.504 e. The maximum atomic E-state index is 12.1. The van der Waals surface area contributed by atoms with E-state index in [9.17, 15) is 43.1 Å². The fraction of sp³-hybridized carbons (Fsp3) is 0.273. The Morgan fingerprint density at radius 3 is 2.42 bits per heavy atom. The summed E-state index contributed by atoms with van der Waals surface area (Å²) in [6, 6.07) is -0.895. The topological polar surface area (TPSA) is 133 Å². The fourth-order valence-electron chi connectivity index (χ4n) is 1.55. The number of phenols is 2. The van der Waals surface area contributed by atoms with Crippen LogP contribution in [0, 0.1) is 10.1 Å². The minimum absolute atomic E-state index is 0.108. The first-order valence-corrected chi connectivity index (χ1v) is 6.26. The normalized spacial score (nSPS) is 11.0. The lowest BCUT2D eigenvalue weighted by Gasteiger charge is -2.18. The molecule has 0 unspecified atom stereocenters. The number of halogens is 4. The summed E-state index contributed by atoms with van der Waals surface area (Å²) in [6.45, 7) is -1.74. The Morgan fingerprint density at radius 1 is 1.42 bits per heavy atom. The molecule has 0 bridgehead atoms. The lowest BCUT2D eigenvalue weighted by atomic mass is 10.1. The number of rotatable bonds is 3. The second kappa shape index (κ2) is 6.78. The standard InChI is InChI=1S/C11H9ClF3N3O6/c1-17(10(22)16-3-11(13,14)15)9(21)6-4(12)2-5(19)8(20)7(6)18(23)24/h2,19-20H,3H2,1H3,(H,16,22). The Kier molecular flexibility index (Phi) is 5.45. The monoisotopic (exact) mass is 371 g/mol. The van der Waals surface area contributed by atoms with Crippen molar-refractivity contribution >= 4 is 29.2 Å². The van der Waals surface area contributed by atoms with E-state index in [1.54, 1.807) is 0 Å². The van der Waals surface area contributed by atoms with Crippen molar-refractivity contribution in [1.29, 1.82) is 0 Å². The van der Waals surface area contributed by atoms with E-state index in [-0.39, 0.29) is 4.90 Å². The molecule has 0 saturated carbocycles. The van der Waals surface area contributed by atoms with Crippen LogP contribution in [-0.2, 0) is 0 Å². The Balaban J connectivity index is 3.22. The van der Waals surface area contributed by atoms with E-state index in [0.717, 1.165) is 7.05 Å². The predicted molar refractivity (Wildman–Crippen MR) is 73.0 cm³/mol. The number of alkyl halides is 3. The lowest BCUT2D eigenvalue weighted by molar-refractivity contribution is -0.386. The molecule has 0 atom stereocenters. The number of aromatic hydroxyl groups is 2. The zero-order chi connectivity index (χ0) is 18.8. The summed E-state index contributed by atoms with van der Waals surface area (Å²) in [7, 11) is 0.748. The average molecular weight is 372 g/mol. The maximum Gasteiger partial charge on any atom is 0.405 e. The highest BCUT2D eigenvalue weighted by atomic mass is 35.5. The second-order valence-electron chi connectivity index (χ2n) is 4.34. The smallest absolute Gasteiger partial charge is 0.405 e.